The Hall–Kier alpha value is -0.840. The van der Waals surface area contributed by atoms with Crippen LogP contribution in [0.25, 0.3) is 10.6 Å². The van der Waals surface area contributed by atoms with Gasteiger partial charge in [0.2, 0.25) is 0 Å². The standard InChI is InChI=1S/C9H9ClN2OS/c1-5-6(4-11)9(13-12-5)7-2-3-8(10)14-7/h2-3H,4,11H2,1H3. The zero-order valence-electron chi connectivity index (χ0n) is 7.58. The van der Waals surface area contributed by atoms with Crippen LogP contribution in [0, 0.1) is 6.92 Å². The van der Waals surface area contributed by atoms with Crippen molar-refractivity contribution in [2.75, 3.05) is 0 Å². The highest BCUT2D eigenvalue weighted by Crippen LogP contribution is 2.33. The van der Waals surface area contributed by atoms with Crippen molar-refractivity contribution in [1.82, 2.24) is 5.16 Å². The van der Waals surface area contributed by atoms with Gasteiger partial charge in [0.05, 0.1) is 14.9 Å². The average molecular weight is 229 g/mol. The molecule has 0 unspecified atom stereocenters. The maximum Gasteiger partial charge on any atom is 0.181 e. The minimum Gasteiger partial charge on any atom is -0.355 e. The van der Waals surface area contributed by atoms with Crippen LogP contribution in [0.1, 0.15) is 11.3 Å². The van der Waals surface area contributed by atoms with Crippen molar-refractivity contribution in [3.8, 4) is 10.6 Å². The zero-order valence-corrected chi connectivity index (χ0v) is 9.15. The quantitative estimate of drug-likeness (QED) is 0.860. The Balaban J connectivity index is 2.51. The summed E-state index contributed by atoms with van der Waals surface area (Å²) in [6.45, 7) is 2.31. The van der Waals surface area contributed by atoms with Gasteiger partial charge in [-0.05, 0) is 19.1 Å². The molecule has 0 atom stereocenters. The number of thiophene rings is 1. The molecule has 2 aromatic heterocycles. The van der Waals surface area contributed by atoms with Crippen molar-refractivity contribution in [1.29, 1.82) is 0 Å². The number of hydrogen-bond donors (Lipinski definition) is 1. The van der Waals surface area contributed by atoms with E-state index < -0.39 is 0 Å². The largest absolute Gasteiger partial charge is 0.355 e. The molecule has 0 saturated heterocycles. The normalized spacial score (nSPS) is 10.8. The summed E-state index contributed by atoms with van der Waals surface area (Å²) in [5.74, 6) is 0.738. The van der Waals surface area contributed by atoms with E-state index in [1.807, 2.05) is 19.1 Å². The molecule has 3 nitrogen and oxygen atoms in total. The summed E-state index contributed by atoms with van der Waals surface area (Å²) in [7, 11) is 0. The number of nitrogens with zero attached hydrogens (tertiary/aromatic N) is 1. The lowest BCUT2D eigenvalue weighted by Crippen LogP contribution is -1.97. The van der Waals surface area contributed by atoms with Gasteiger partial charge in [0.25, 0.3) is 0 Å². The Morgan fingerprint density at radius 2 is 2.36 bits per heavy atom. The predicted molar refractivity (Wildman–Crippen MR) is 57.5 cm³/mol. The van der Waals surface area contributed by atoms with Crippen LogP contribution in [0.3, 0.4) is 0 Å². The first kappa shape index (κ1) is 9.71. The highest BCUT2D eigenvalue weighted by Gasteiger charge is 2.14. The molecule has 0 fully saturated rings. The lowest BCUT2D eigenvalue weighted by molar-refractivity contribution is 0.427. The van der Waals surface area contributed by atoms with Gasteiger partial charge in [0, 0.05) is 12.1 Å². The Bertz CT molecular complexity index is 449. The number of halogens is 1. The van der Waals surface area contributed by atoms with Gasteiger partial charge in [-0.3, -0.25) is 0 Å². The van der Waals surface area contributed by atoms with Crippen LogP contribution in [-0.4, -0.2) is 5.16 Å². The highest BCUT2D eigenvalue weighted by molar-refractivity contribution is 7.19. The molecule has 2 aromatic rings. The molecule has 0 aliphatic carbocycles. The van der Waals surface area contributed by atoms with E-state index in [0.29, 0.717) is 6.54 Å². The van der Waals surface area contributed by atoms with Crippen molar-refractivity contribution in [2.24, 2.45) is 5.73 Å². The van der Waals surface area contributed by atoms with Crippen LogP contribution < -0.4 is 5.73 Å². The highest BCUT2D eigenvalue weighted by atomic mass is 35.5. The topological polar surface area (TPSA) is 52.0 Å². The summed E-state index contributed by atoms with van der Waals surface area (Å²) in [6.07, 6.45) is 0. The predicted octanol–water partition coefficient (Wildman–Crippen LogP) is 2.82. The van der Waals surface area contributed by atoms with E-state index in [1.165, 1.54) is 11.3 Å². The molecule has 14 heavy (non-hydrogen) atoms. The second kappa shape index (κ2) is 3.73. The Kier molecular flexibility index (Phi) is 2.58. The monoisotopic (exact) mass is 228 g/mol. The van der Waals surface area contributed by atoms with Crippen LogP contribution in [-0.2, 0) is 6.54 Å². The lowest BCUT2D eigenvalue weighted by atomic mass is 10.2. The fraction of sp³-hybridized carbons (Fsp3) is 0.222. The summed E-state index contributed by atoms with van der Waals surface area (Å²) in [4.78, 5) is 0.969. The molecule has 0 amide bonds. The molecular weight excluding hydrogens is 220 g/mol. The fourth-order valence-electron chi connectivity index (χ4n) is 1.26. The summed E-state index contributed by atoms with van der Waals surface area (Å²) >= 11 is 7.30. The van der Waals surface area contributed by atoms with Crippen LogP contribution in [0.2, 0.25) is 4.34 Å². The van der Waals surface area contributed by atoms with Gasteiger partial charge in [-0.15, -0.1) is 11.3 Å². The number of aryl methyl sites for hydroxylation is 1. The van der Waals surface area contributed by atoms with Crippen LogP contribution in [0.4, 0.5) is 0 Å². The van der Waals surface area contributed by atoms with Gasteiger partial charge >= 0.3 is 0 Å². The average Bonchev–Trinajstić information content (AvgIpc) is 2.71. The summed E-state index contributed by atoms with van der Waals surface area (Å²) in [5, 5.41) is 3.88. The van der Waals surface area contributed by atoms with Crippen LogP contribution >= 0.6 is 22.9 Å². The maximum atomic E-state index is 5.84. The molecule has 0 aliphatic rings. The first-order valence-electron chi connectivity index (χ1n) is 4.13. The molecule has 0 spiro atoms. The molecule has 0 saturated carbocycles. The molecule has 2 rings (SSSR count). The van der Waals surface area contributed by atoms with E-state index in [9.17, 15) is 0 Å². The second-order valence-electron chi connectivity index (χ2n) is 2.88. The minimum absolute atomic E-state index is 0.431. The van der Waals surface area contributed by atoms with Gasteiger partial charge in [-0.1, -0.05) is 16.8 Å². The molecule has 0 bridgehead atoms. The summed E-state index contributed by atoms with van der Waals surface area (Å²) < 4.78 is 5.94. The third kappa shape index (κ3) is 1.56. The Morgan fingerprint density at radius 3 is 2.93 bits per heavy atom. The van der Waals surface area contributed by atoms with Crippen molar-refractivity contribution >= 4 is 22.9 Å². The van der Waals surface area contributed by atoms with Crippen molar-refractivity contribution in [3.05, 3.63) is 27.7 Å². The molecule has 0 aromatic carbocycles. The minimum atomic E-state index is 0.431. The van der Waals surface area contributed by atoms with Gasteiger partial charge in [-0.25, -0.2) is 0 Å². The first-order chi connectivity index (χ1) is 6.72. The third-order valence-corrected chi connectivity index (χ3v) is 3.22. The number of nitrogens with two attached hydrogens (primary N) is 1. The van der Waals surface area contributed by atoms with Gasteiger partial charge in [-0.2, -0.15) is 0 Å². The van der Waals surface area contributed by atoms with Crippen LogP contribution in [0.5, 0.6) is 0 Å². The van der Waals surface area contributed by atoms with Crippen molar-refractivity contribution in [2.45, 2.75) is 13.5 Å². The molecule has 0 aliphatic heterocycles. The van der Waals surface area contributed by atoms with Crippen LogP contribution in [0.15, 0.2) is 16.7 Å². The molecular formula is C9H9ClN2OS. The number of hydrogen-bond acceptors (Lipinski definition) is 4. The lowest BCUT2D eigenvalue weighted by Gasteiger charge is -1.94. The number of aromatic nitrogens is 1. The van der Waals surface area contributed by atoms with E-state index in [2.05, 4.69) is 5.16 Å². The maximum absolute atomic E-state index is 5.84. The van der Waals surface area contributed by atoms with Crippen molar-refractivity contribution in [3.63, 3.8) is 0 Å². The molecule has 74 valence electrons. The molecule has 2 N–H and O–H groups in total. The fourth-order valence-corrected chi connectivity index (χ4v) is 2.31. The van der Waals surface area contributed by atoms with Crippen molar-refractivity contribution < 1.29 is 4.52 Å². The van der Waals surface area contributed by atoms with Gasteiger partial charge in [0.1, 0.15) is 0 Å². The zero-order chi connectivity index (χ0) is 10.1. The van der Waals surface area contributed by atoms with Gasteiger partial charge < -0.3 is 10.3 Å². The molecule has 5 heteroatoms. The number of rotatable bonds is 2. The molecule has 0 radical (unpaired) electrons. The smallest absolute Gasteiger partial charge is 0.181 e. The van der Waals surface area contributed by atoms with E-state index in [-0.39, 0.29) is 0 Å². The van der Waals surface area contributed by atoms with E-state index >= 15 is 0 Å². The summed E-state index contributed by atoms with van der Waals surface area (Å²) in [6, 6.07) is 3.74. The van der Waals surface area contributed by atoms with E-state index in [4.69, 9.17) is 21.9 Å². The van der Waals surface area contributed by atoms with E-state index in [1.54, 1.807) is 0 Å². The first-order valence-corrected chi connectivity index (χ1v) is 5.32. The van der Waals surface area contributed by atoms with E-state index in [0.717, 1.165) is 26.2 Å². The second-order valence-corrected chi connectivity index (χ2v) is 4.60. The third-order valence-electron chi connectivity index (χ3n) is 1.99. The Labute approximate surface area is 90.5 Å². The SMILES string of the molecule is Cc1noc(-c2ccc(Cl)s2)c1CN. The van der Waals surface area contributed by atoms with Gasteiger partial charge in [0.15, 0.2) is 5.76 Å². The molecule has 2 heterocycles. The summed E-state index contributed by atoms with van der Waals surface area (Å²) in [5.41, 5.74) is 7.40. The Morgan fingerprint density at radius 1 is 1.57 bits per heavy atom.